The van der Waals surface area contributed by atoms with Gasteiger partial charge in [0.2, 0.25) is 0 Å². The molecule has 0 aromatic rings. The molecule has 3 atom stereocenters. The predicted molar refractivity (Wildman–Crippen MR) is 65.6 cm³/mol. The van der Waals surface area contributed by atoms with E-state index in [1.165, 1.54) is 0 Å². The van der Waals surface area contributed by atoms with Gasteiger partial charge in [0.05, 0.1) is 18.8 Å². The molecule has 1 aliphatic carbocycles. The highest BCUT2D eigenvalue weighted by molar-refractivity contribution is 5.87. The number of rotatable bonds is 5. The summed E-state index contributed by atoms with van der Waals surface area (Å²) < 4.78 is 10.8. The van der Waals surface area contributed by atoms with Gasteiger partial charge in [-0.05, 0) is 37.5 Å². The SMILES string of the molecule is C=C(CC(C)C)C(=O)OCC1CCC2OC2C1. The third kappa shape index (κ3) is 3.56. The van der Waals surface area contributed by atoms with Crippen LogP contribution in [-0.2, 0) is 14.3 Å². The normalized spacial score (nSPS) is 30.9. The number of esters is 1. The minimum atomic E-state index is -0.225. The second-order valence-electron chi connectivity index (χ2n) is 5.69. The van der Waals surface area contributed by atoms with Crippen molar-refractivity contribution >= 4 is 5.97 Å². The molecule has 1 heterocycles. The molecule has 3 unspecified atom stereocenters. The topological polar surface area (TPSA) is 38.8 Å². The number of carbonyl (C=O) groups is 1. The molecular formula is C14H22O3. The van der Waals surface area contributed by atoms with Gasteiger partial charge in [-0.3, -0.25) is 0 Å². The zero-order valence-electron chi connectivity index (χ0n) is 10.8. The molecular weight excluding hydrogens is 216 g/mol. The van der Waals surface area contributed by atoms with E-state index >= 15 is 0 Å². The highest BCUT2D eigenvalue weighted by atomic mass is 16.6. The van der Waals surface area contributed by atoms with Crippen molar-refractivity contribution in [3.8, 4) is 0 Å². The Morgan fingerprint density at radius 1 is 1.41 bits per heavy atom. The highest BCUT2D eigenvalue weighted by Crippen LogP contribution is 2.39. The van der Waals surface area contributed by atoms with Crippen molar-refractivity contribution in [3.05, 3.63) is 12.2 Å². The van der Waals surface area contributed by atoms with Crippen molar-refractivity contribution in [3.63, 3.8) is 0 Å². The van der Waals surface area contributed by atoms with Gasteiger partial charge in [0.25, 0.3) is 0 Å². The van der Waals surface area contributed by atoms with Crippen LogP contribution in [0.4, 0.5) is 0 Å². The fraction of sp³-hybridized carbons (Fsp3) is 0.786. The van der Waals surface area contributed by atoms with Crippen molar-refractivity contribution in [1.29, 1.82) is 0 Å². The number of epoxide rings is 1. The summed E-state index contributed by atoms with van der Waals surface area (Å²) in [6.45, 7) is 8.46. The van der Waals surface area contributed by atoms with E-state index in [9.17, 15) is 4.79 Å². The Labute approximate surface area is 103 Å². The number of carbonyl (C=O) groups excluding carboxylic acids is 1. The second-order valence-corrected chi connectivity index (χ2v) is 5.69. The molecule has 96 valence electrons. The number of hydrogen-bond acceptors (Lipinski definition) is 3. The largest absolute Gasteiger partial charge is 0.462 e. The maximum atomic E-state index is 11.7. The van der Waals surface area contributed by atoms with E-state index in [4.69, 9.17) is 9.47 Å². The molecule has 1 aliphatic heterocycles. The summed E-state index contributed by atoms with van der Waals surface area (Å²) >= 11 is 0. The van der Waals surface area contributed by atoms with Crippen LogP contribution < -0.4 is 0 Å². The van der Waals surface area contributed by atoms with Crippen LogP contribution in [0.2, 0.25) is 0 Å². The molecule has 3 heteroatoms. The highest BCUT2D eigenvalue weighted by Gasteiger charge is 2.43. The monoisotopic (exact) mass is 238 g/mol. The first kappa shape index (κ1) is 12.6. The van der Waals surface area contributed by atoms with Gasteiger partial charge < -0.3 is 9.47 Å². The van der Waals surface area contributed by atoms with E-state index in [0.29, 0.717) is 36.2 Å². The van der Waals surface area contributed by atoms with Gasteiger partial charge in [-0.1, -0.05) is 20.4 Å². The number of fused-ring (bicyclic) bond motifs is 1. The van der Waals surface area contributed by atoms with Crippen molar-refractivity contribution in [2.75, 3.05) is 6.61 Å². The third-order valence-corrected chi connectivity index (χ3v) is 3.51. The molecule has 2 rings (SSSR count). The van der Waals surface area contributed by atoms with Gasteiger partial charge in [0, 0.05) is 5.57 Å². The lowest BCUT2D eigenvalue weighted by Crippen LogP contribution is -2.21. The summed E-state index contributed by atoms with van der Waals surface area (Å²) in [5.74, 6) is 0.706. The Kier molecular flexibility index (Phi) is 3.87. The zero-order valence-corrected chi connectivity index (χ0v) is 10.8. The van der Waals surface area contributed by atoms with Crippen LogP contribution in [0.3, 0.4) is 0 Å². The summed E-state index contributed by atoms with van der Waals surface area (Å²) in [5, 5.41) is 0. The third-order valence-electron chi connectivity index (χ3n) is 3.51. The van der Waals surface area contributed by atoms with E-state index in [1.54, 1.807) is 0 Å². The van der Waals surface area contributed by atoms with E-state index in [-0.39, 0.29) is 5.97 Å². The predicted octanol–water partition coefficient (Wildman–Crippen LogP) is 2.70. The fourth-order valence-electron chi connectivity index (χ4n) is 2.51. The molecule has 2 aliphatic rings. The van der Waals surface area contributed by atoms with E-state index in [0.717, 1.165) is 25.7 Å². The van der Waals surface area contributed by atoms with Crippen LogP contribution in [0.5, 0.6) is 0 Å². The van der Waals surface area contributed by atoms with Gasteiger partial charge >= 0.3 is 5.97 Å². The van der Waals surface area contributed by atoms with Crippen molar-refractivity contribution < 1.29 is 14.3 Å². The molecule has 0 aromatic carbocycles. The number of ether oxygens (including phenoxy) is 2. The molecule has 0 spiro atoms. The van der Waals surface area contributed by atoms with Gasteiger partial charge in [-0.15, -0.1) is 0 Å². The lowest BCUT2D eigenvalue weighted by atomic mass is 9.90. The molecule has 0 aromatic heterocycles. The van der Waals surface area contributed by atoms with Crippen molar-refractivity contribution in [1.82, 2.24) is 0 Å². The van der Waals surface area contributed by atoms with Crippen LogP contribution >= 0.6 is 0 Å². The summed E-state index contributed by atoms with van der Waals surface area (Å²) in [5.41, 5.74) is 0.594. The first-order valence-corrected chi connectivity index (χ1v) is 6.56. The van der Waals surface area contributed by atoms with Crippen molar-refractivity contribution in [2.45, 2.75) is 51.7 Å². The quantitative estimate of drug-likeness (QED) is 0.420. The Morgan fingerprint density at radius 3 is 2.82 bits per heavy atom. The Hall–Kier alpha value is -0.830. The molecule has 3 nitrogen and oxygen atoms in total. The maximum Gasteiger partial charge on any atom is 0.333 e. The van der Waals surface area contributed by atoms with E-state index in [1.807, 2.05) is 0 Å². The van der Waals surface area contributed by atoms with Crippen LogP contribution in [0.15, 0.2) is 12.2 Å². The van der Waals surface area contributed by atoms with E-state index < -0.39 is 0 Å². The molecule has 1 saturated carbocycles. The van der Waals surface area contributed by atoms with Gasteiger partial charge in [0.15, 0.2) is 0 Å². The Bertz CT molecular complexity index is 309. The van der Waals surface area contributed by atoms with Crippen molar-refractivity contribution in [2.24, 2.45) is 11.8 Å². The second kappa shape index (κ2) is 5.21. The molecule has 2 fully saturated rings. The summed E-state index contributed by atoms with van der Waals surface area (Å²) in [6, 6.07) is 0. The van der Waals surface area contributed by atoms with Crippen LogP contribution in [0.25, 0.3) is 0 Å². The zero-order chi connectivity index (χ0) is 12.4. The molecule has 1 saturated heterocycles. The summed E-state index contributed by atoms with van der Waals surface area (Å²) in [4.78, 5) is 11.7. The average molecular weight is 238 g/mol. The first-order chi connectivity index (χ1) is 8.06. The fourth-order valence-corrected chi connectivity index (χ4v) is 2.51. The molecule has 0 N–H and O–H groups in total. The molecule has 0 bridgehead atoms. The molecule has 0 radical (unpaired) electrons. The molecule has 0 amide bonds. The van der Waals surface area contributed by atoms with Crippen LogP contribution in [0.1, 0.15) is 39.5 Å². The molecule has 17 heavy (non-hydrogen) atoms. The van der Waals surface area contributed by atoms with Crippen LogP contribution in [-0.4, -0.2) is 24.8 Å². The smallest absolute Gasteiger partial charge is 0.333 e. The first-order valence-electron chi connectivity index (χ1n) is 6.56. The minimum Gasteiger partial charge on any atom is -0.462 e. The van der Waals surface area contributed by atoms with E-state index in [2.05, 4.69) is 20.4 Å². The van der Waals surface area contributed by atoms with Crippen LogP contribution in [0, 0.1) is 11.8 Å². The lowest BCUT2D eigenvalue weighted by molar-refractivity contribution is -0.140. The van der Waals surface area contributed by atoms with Gasteiger partial charge in [-0.2, -0.15) is 0 Å². The Morgan fingerprint density at radius 2 is 2.18 bits per heavy atom. The maximum absolute atomic E-state index is 11.7. The Balaban J connectivity index is 1.66. The average Bonchev–Trinajstić information content (AvgIpc) is 3.02. The number of hydrogen-bond donors (Lipinski definition) is 0. The van der Waals surface area contributed by atoms with Gasteiger partial charge in [0.1, 0.15) is 0 Å². The summed E-state index contributed by atoms with van der Waals surface area (Å²) in [7, 11) is 0. The standard InChI is InChI=1S/C14H22O3/c1-9(2)6-10(3)14(15)16-8-11-4-5-12-13(7-11)17-12/h9,11-13H,3-8H2,1-2H3. The summed E-state index contributed by atoms with van der Waals surface area (Å²) in [6.07, 6.45) is 4.97. The van der Waals surface area contributed by atoms with Gasteiger partial charge in [-0.25, -0.2) is 4.79 Å². The minimum absolute atomic E-state index is 0.225. The lowest BCUT2D eigenvalue weighted by Gasteiger charge is -2.19.